The monoisotopic (exact) mass is 414 g/mol. The van der Waals surface area contributed by atoms with E-state index in [2.05, 4.69) is 20.1 Å². The summed E-state index contributed by atoms with van der Waals surface area (Å²) in [6.45, 7) is 1.79. The molecule has 1 aliphatic carbocycles. The number of amides is 1. The Kier molecular flexibility index (Phi) is 5.99. The summed E-state index contributed by atoms with van der Waals surface area (Å²) < 4.78 is 21.5. The molecule has 0 saturated heterocycles. The first-order valence-corrected chi connectivity index (χ1v) is 10.7. The maximum Gasteiger partial charge on any atom is 0.237 e. The standard InChI is InChI=1S/C21H23FN4O2S/c1-14(20(27)23-17-11-6-5-10-16(17)22)29-21-25-24-19(18-12-7-13-28-18)26(21)15-8-3-2-4-9-15/h5-7,10-15H,2-4,8-9H2,1H3,(H,23,27). The van der Waals surface area contributed by atoms with Crippen LogP contribution in [0.3, 0.4) is 0 Å². The Hall–Kier alpha value is -2.61. The quantitative estimate of drug-likeness (QED) is 0.554. The molecule has 3 aromatic rings. The number of furan rings is 1. The predicted molar refractivity (Wildman–Crippen MR) is 110 cm³/mol. The Morgan fingerprint density at radius 2 is 2.00 bits per heavy atom. The SMILES string of the molecule is CC(Sc1nnc(-c2ccco2)n1C1CCCCC1)C(=O)Nc1ccccc1F. The van der Waals surface area contributed by atoms with Gasteiger partial charge >= 0.3 is 0 Å². The van der Waals surface area contributed by atoms with Gasteiger partial charge in [0.05, 0.1) is 17.2 Å². The number of anilines is 1. The van der Waals surface area contributed by atoms with Crippen molar-refractivity contribution in [1.29, 1.82) is 0 Å². The van der Waals surface area contributed by atoms with Gasteiger partial charge in [-0.3, -0.25) is 9.36 Å². The number of halogens is 1. The highest BCUT2D eigenvalue weighted by atomic mass is 32.2. The van der Waals surface area contributed by atoms with E-state index < -0.39 is 11.1 Å². The molecule has 0 spiro atoms. The molecule has 2 aromatic heterocycles. The van der Waals surface area contributed by atoms with Gasteiger partial charge in [0.25, 0.3) is 0 Å². The summed E-state index contributed by atoms with van der Waals surface area (Å²) in [5.74, 6) is 0.617. The van der Waals surface area contributed by atoms with Gasteiger partial charge in [-0.25, -0.2) is 4.39 Å². The largest absolute Gasteiger partial charge is 0.461 e. The second-order valence-electron chi connectivity index (χ2n) is 7.17. The zero-order chi connectivity index (χ0) is 20.2. The van der Waals surface area contributed by atoms with Crippen molar-refractivity contribution in [3.8, 4) is 11.6 Å². The van der Waals surface area contributed by atoms with E-state index >= 15 is 0 Å². The molecule has 1 aliphatic rings. The number of benzene rings is 1. The number of nitrogens with one attached hydrogen (secondary N) is 1. The van der Waals surface area contributed by atoms with Gasteiger partial charge in [0.2, 0.25) is 11.7 Å². The summed E-state index contributed by atoms with van der Waals surface area (Å²) in [6.07, 6.45) is 7.27. The fourth-order valence-corrected chi connectivity index (χ4v) is 4.53. The number of carbonyl (C=O) groups is 1. The maximum absolute atomic E-state index is 13.8. The molecule has 8 heteroatoms. The van der Waals surface area contributed by atoms with Crippen molar-refractivity contribution in [2.24, 2.45) is 0 Å². The zero-order valence-electron chi connectivity index (χ0n) is 16.2. The maximum atomic E-state index is 13.8. The Bertz CT molecular complexity index is 967. The number of thioether (sulfide) groups is 1. The molecule has 1 amide bonds. The van der Waals surface area contributed by atoms with Crippen molar-refractivity contribution in [3.05, 3.63) is 48.5 Å². The van der Waals surface area contributed by atoms with Crippen LogP contribution >= 0.6 is 11.8 Å². The summed E-state index contributed by atoms with van der Waals surface area (Å²) in [5.41, 5.74) is 0.176. The molecule has 6 nitrogen and oxygen atoms in total. The van der Waals surface area contributed by atoms with Crippen molar-refractivity contribution in [2.45, 2.75) is 55.5 Å². The van der Waals surface area contributed by atoms with E-state index in [0.717, 1.165) is 25.7 Å². The van der Waals surface area contributed by atoms with Gasteiger partial charge in [-0.1, -0.05) is 43.2 Å². The second kappa shape index (κ2) is 8.82. The second-order valence-corrected chi connectivity index (χ2v) is 8.48. The summed E-state index contributed by atoms with van der Waals surface area (Å²) in [4.78, 5) is 12.6. The predicted octanol–water partition coefficient (Wildman–Crippen LogP) is 5.30. The minimum absolute atomic E-state index is 0.176. The van der Waals surface area contributed by atoms with Crippen molar-refractivity contribution in [1.82, 2.24) is 14.8 Å². The third kappa shape index (κ3) is 4.37. The van der Waals surface area contributed by atoms with Crippen molar-refractivity contribution in [2.75, 3.05) is 5.32 Å². The number of hydrogen-bond acceptors (Lipinski definition) is 5. The van der Waals surface area contributed by atoms with Gasteiger partial charge in [0.15, 0.2) is 10.9 Å². The van der Waals surface area contributed by atoms with Gasteiger partial charge in [0, 0.05) is 6.04 Å². The molecule has 1 N–H and O–H groups in total. The zero-order valence-corrected chi connectivity index (χ0v) is 17.0. The molecular weight excluding hydrogens is 391 g/mol. The molecule has 29 heavy (non-hydrogen) atoms. The van der Waals surface area contributed by atoms with Gasteiger partial charge in [0.1, 0.15) is 5.82 Å². The Labute approximate surface area is 172 Å². The van der Waals surface area contributed by atoms with E-state index in [0.29, 0.717) is 16.7 Å². The van der Waals surface area contributed by atoms with Crippen LogP contribution in [-0.4, -0.2) is 25.9 Å². The van der Waals surface area contributed by atoms with Crippen molar-refractivity contribution >= 4 is 23.4 Å². The topological polar surface area (TPSA) is 73.0 Å². The Morgan fingerprint density at radius 1 is 1.21 bits per heavy atom. The molecule has 0 bridgehead atoms. The fraction of sp³-hybridized carbons (Fsp3) is 0.381. The minimum Gasteiger partial charge on any atom is -0.461 e. The van der Waals surface area contributed by atoms with E-state index in [1.165, 1.54) is 24.2 Å². The lowest BCUT2D eigenvalue weighted by molar-refractivity contribution is -0.115. The lowest BCUT2D eigenvalue weighted by Crippen LogP contribution is -2.24. The van der Waals surface area contributed by atoms with E-state index in [-0.39, 0.29) is 17.6 Å². The highest BCUT2D eigenvalue weighted by Gasteiger charge is 2.27. The first kappa shape index (κ1) is 19.7. The average molecular weight is 415 g/mol. The Balaban J connectivity index is 1.56. The normalized spacial score (nSPS) is 15.9. The van der Waals surface area contributed by atoms with E-state index in [4.69, 9.17) is 4.42 Å². The number of carbonyl (C=O) groups excluding carboxylic acids is 1. The summed E-state index contributed by atoms with van der Waals surface area (Å²) in [6, 6.07) is 10.1. The van der Waals surface area contributed by atoms with Crippen LogP contribution in [0.15, 0.2) is 52.2 Å². The molecule has 1 fully saturated rings. The third-order valence-electron chi connectivity index (χ3n) is 5.13. The average Bonchev–Trinajstić information content (AvgIpc) is 3.40. The van der Waals surface area contributed by atoms with Crippen LogP contribution in [0.1, 0.15) is 45.1 Å². The molecule has 1 aromatic carbocycles. The van der Waals surface area contributed by atoms with Crippen molar-refractivity contribution < 1.29 is 13.6 Å². The highest BCUT2D eigenvalue weighted by molar-refractivity contribution is 8.00. The third-order valence-corrected chi connectivity index (χ3v) is 6.19. The molecule has 152 valence electrons. The number of aromatic nitrogens is 3. The fourth-order valence-electron chi connectivity index (χ4n) is 3.61. The molecule has 4 rings (SSSR count). The van der Waals surface area contributed by atoms with Crippen LogP contribution < -0.4 is 5.32 Å². The van der Waals surface area contributed by atoms with Gasteiger partial charge in [-0.05, 0) is 44.0 Å². The lowest BCUT2D eigenvalue weighted by atomic mass is 9.95. The molecule has 1 unspecified atom stereocenters. The van der Waals surface area contributed by atoms with E-state index in [1.54, 1.807) is 31.4 Å². The van der Waals surface area contributed by atoms with E-state index in [9.17, 15) is 9.18 Å². The van der Waals surface area contributed by atoms with Crippen LogP contribution in [0.5, 0.6) is 0 Å². The number of para-hydroxylation sites is 1. The molecule has 1 saturated carbocycles. The molecule has 0 aliphatic heterocycles. The summed E-state index contributed by atoms with van der Waals surface area (Å²) in [7, 11) is 0. The molecule has 0 radical (unpaired) electrons. The minimum atomic E-state index is -0.467. The van der Waals surface area contributed by atoms with Gasteiger partial charge < -0.3 is 9.73 Å². The van der Waals surface area contributed by atoms with Gasteiger partial charge in [-0.15, -0.1) is 10.2 Å². The summed E-state index contributed by atoms with van der Waals surface area (Å²) in [5, 5.41) is 11.6. The number of hydrogen-bond donors (Lipinski definition) is 1. The number of nitrogens with zero attached hydrogens (tertiary/aromatic N) is 3. The molecular formula is C21H23FN4O2S. The number of rotatable bonds is 6. The lowest BCUT2D eigenvalue weighted by Gasteiger charge is -2.25. The smallest absolute Gasteiger partial charge is 0.237 e. The van der Waals surface area contributed by atoms with Crippen molar-refractivity contribution in [3.63, 3.8) is 0 Å². The first-order chi connectivity index (χ1) is 14.1. The van der Waals surface area contributed by atoms with Crippen LogP contribution in [-0.2, 0) is 4.79 Å². The molecule has 2 heterocycles. The Morgan fingerprint density at radius 3 is 2.72 bits per heavy atom. The van der Waals surface area contributed by atoms with Gasteiger partial charge in [-0.2, -0.15) is 0 Å². The highest BCUT2D eigenvalue weighted by Crippen LogP contribution is 2.36. The molecule has 1 atom stereocenters. The van der Waals surface area contributed by atoms with Crippen LogP contribution in [0.25, 0.3) is 11.6 Å². The summed E-state index contributed by atoms with van der Waals surface area (Å²) >= 11 is 1.33. The van der Waals surface area contributed by atoms with Crippen LogP contribution in [0.4, 0.5) is 10.1 Å². The van der Waals surface area contributed by atoms with Crippen LogP contribution in [0.2, 0.25) is 0 Å². The van der Waals surface area contributed by atoms with Crippen LogP contribution in [0, 0.1) is 5.82 Å². The van der Waals surface area contributed by atoms with E-state index in [1.807, 2.05) is 12.1 Å². The first-order valence-electron chi connectivity index (χ1n) is 9.84.